The Balaban J connectivity index is 1.78. The van der Waals surface area contributed by atoms with Crippen LogP contribution in [-0.2, 0) is 9.53 Å². The number of rotatable bonds is 5. The number of nitrogens with one attached hydrogen (secondary N) is 1. The first-order chi connectivity index (χ1) is 15.0. The van der Waals surface area contributed by atoms with E-state index in [-0.39, 0.29) is 5.71 Å². The molecule has 1 amide bonds. The summed E-state index contributed by atoms with van der Waals surface area (Å²) < 4.78 is 10.3. The molecule has 2 heterocycles. The Morgan fingerprint density at radius 2 is 1.74 bits per heavy atom. The molecule has 2 aromatic heterocycles. The summed E-state index contributed by atoms with van der Waals surface area (Å²) in [5.41, 5.74) is 4.26. The van der Waals surface area contributed by atoms with Gasteiger partial charge in [0.25, 0.3) is 11.6 Å². The van der Waals surface area contributed by atoms with Crippen LogP contribution in [0.5, 0.6) is 0 Å². The molecule has 2 aromatic carbocycles. The molecule has 7 nitrogen and oxygen atoms in total. The lowest BCUT2D eigenvalue weighted by molar-refractivity contribution is -0.143. The van der Waals surface area contributed by atoms with Crippen molar-refractivity contribution in [3.05, 3.63) is 83.0 Å². The third-order valence-corrected chi connectivity index (χ3v) is 5.05. The molecule has 0 spiro atoms. The average molecular weight is 415 g/mol. The maximum Gasteiger partial charge on any atom is 0.333 e. The minimum absolute atomic E-state index is 0.259. The van der Waals surface area contributed by atoms with Gasteiger partial charge < -0.3 is 14.6 Å². The molecule has 0 bridgehead atoms. The van der Waals surface area contributed by atoms with Crippen molar-refractivity contribution in [2.45, 2.75) is 19.9 Å². The van der Waals surface area contributed by atoms with Crippen molar-refractivity contribution in [2.75, 3.05) is 7.11 Å². The number of benzene rings is 2. The number of fused-ring (bicyclic) bond motifs is 1. The van der Waals surface area contributed by atoms with Gasteiger partial charge in [-0.05, 0) is 25.5 Å². The van der Waals surface area contributed by atoms with E-state index in [9.17, 15) is 9.59 Å². The van der Waals surface area contributed by atoms with Crippen LogP contribution in [0.1, 0.15) is 33.2 Å². The van der Waals surface area contributed by atoms with Crippen molar-refractivity contribution >= 4 is 23.0 Å². The van der Waals surface area contributed by atoms with Crippen LogP contribution in [0.3, 0.4) is 0 Å². The largest absolute Gasteiger partial charge is 0.467 e. The Kier molecular flexibility index (Phi) is 5.49. The predicted molar refractivity (Wildman–Crippen MR) is 115 cm³/mol. The Bertz CT molecular complexity index is 1250. The summed E-state index contributed by atoms with van der Waals surface area (Å²) in [5, 5.41) is 7.26. The van der Waals surface area contributed by atoms with Gasteiger partial charge >= 0.3 is 5.97 Å². The lowest BCUT2D eigenvalue weighted by Crippen LogP contribution is -2.34. The third-order valence-electron chi connectivity index (χ3n) is 5.05. The molecule has 4 aromatic rings. The zero-order valence-electron chi connectivity index (χ0n) is 17.4. The molecule has 0 aliphatic rings. The van der Waals surface area contributed by atoms with Crippen LogP contribution >= 0.6 is 0 Å². The molecule has 4 rings (SSSR count). The van der Waals surface area contributed by atoms with Gasteiger partial charge in [0.05, 0.1) is 29.4 Å². The Labute approximate surface area is 179 Å². The molecule has 0 fully saturated rings. The van der Waals surface area contributed by atoms with Crippen LogP contribution < -0.4 is 5.32 Å². The molecule has 0 saturated carbocycles. The minimum Gasteiger partial charge on any atom is -0.467 e. The van der Waals surface area contributed by atoms with Crippen LogP contribution in [0.2, 0.25) is 0 Å². The van der Waals surface area contributed by atoms with E-state index in [4.69, 9.17) is 9.26 Å². The topological polar surface area (TPSA) is 94.3 Å². The normalized spacial score (nSPS) is 11.8. The van der Waals surface area contributed by atoms with E-state index in [0.717, 1.165) is 11.1 Å². The smallest absolute Gasteiger partial charge is 0.333 e. The van der Waals surface area contributed by atoms with E-state index < -0.39 is 17.9 Å². The van der Waals surface area contributed by atoms with Crippen molar-refractivity contribution in [2.24, 2.45) is 0 Å². The Hall–Kier alpha value is -4.00. The van der Waals surface area contributed by atoms with Gasteiger partial charge in [-0.3, -0.25) is 4.79 Å². The highest BCUT2D eigenvalue weighted by Crippen LogP contribution is 2.28. The molecule has 1 N–H and O–H groups in total. The van der Waals surface area contributed by atoms with Crippen molar-refractivity contribution in [1.82, 2.24) is 15.5 Å². The molecule has 0 aliphatic carbocycles. The number of hydrogen-bond acceptors (Lipinski definition) is 6. The maximum absolute atomic E-state index is 13.3. The second-order valence-corrected chi connectivity index (χ2v) is 7.21. The molecule has 7 heteroatoms. The quantitative estimate of drug-likeness (QED) is 0.492. The van der Waals surface area contributed by atoms with Gasteiger partial charge in [-0.15, -0.1) is 0 Å². The Morgan fingerprint density at radius 3 is 2.42 bits per heavy atom. The standard InChI is InChI=1S/C24H21N3O4/c1-14-9-11-16(12-10-14)19-13-18(20-15(2)27-31-23(20)25-19)22(28)26-21(24(29)30-3)17-7-5-4-6-8-17/h4-13,21H,1-3H3,(H,26,28). The van der Waals surface area contributed by atoms with E-state index in [2.05, 4.69) is 15.5 Å². The summed E-state index contributed by atoms with van der Waals surface area (Å²) in [6.45, 7) is 3.74. The van der Waals surface area contributed by atoms with Crippen molar-refractivity contribution in [1.29, 1.82) is 0 Å². The molecule has 0 saturated heterocycles. The zero-order valence-corrected chi connectivity index (χ0v) is 17.4. The van der Waals surface area contributed by atoms with E-state index in [1.54, 1.807) is 37.3 Å². The number of aromatic nitrogens is 2. The van der Waals surface area contributed by atoms with Gasteiger partial charge in [-0.25, -0.2) is 9.78 Å². The number of carbonyl (C=O) groups is 2. The lowest BCUT2D eigenvalue weighted by atomic mass is 10.0. The number of esters is 1. The first-order valence-electron chi connectivity index (χ1n) is 9.75. The monoisotopic (exact) mass is 415 g/mol. The van der Waals surface area contributed by atoms with Crippen molar-refractivity contribution in [3.63, 3.8) is 0 Å². The molecular weight excluding hydrogens is 394 g/mol. The van der Waals surface area contributed by atoms with Gasteiger partial charge in [-0.2, -0.15) is 0 Å². The number of aryl methyl sites for hydroxylation is 2. The fraction of sp³-hybridized carbons (Fsp3) is 0.167. The molecular formula is C24H21N3O4. The molecule has 31 heavy (non-hydrogen) atoms. The molecule has 0 radical (unpaired) electrons. The summed E-state index contributed by atoms with van der Waals surface area (Å²) in [5.74, 6) is -1.02. The van der Waals surface area contributed by atoms with Crippen molar-refractivity contribution in [3.8, 4) is 11.3 Å². The number of pyridine rings is 1. The maximum atomic E-state index is 13.3. The number of hydrogen-bond donors (Lipinski definition) is 1. The molecule has 156 valence electrons. The SMILES string of the molecule is COC(=O)C(NC(=O)c1cc(-c2ccc(C)cc2)nc2onc(C)c12)c1ccccc1. The van der Waals surface area contributed by atoms with Crippen molar-refractivity contribution < 1.29 is 18.8 Å². The number of amides is 1. The number of carbonyl (C=O) groups excluding carboxylic acids is 2. The van der Waals surface area contributed by atoms with Crippen LogP contribution in [0.4, 0.5) is 0 Å². The first kappa shape index (κ1) is 20.3. The number of ether oxygens (including phenoxy) is 1. The van der Waals surface area contributed by atoms with E-state index >= 15 is 0 Å². The van der Waals surface area contributed by atoms with Gasteiger partial charge in [0.1, 0.15) is 0 Å². The summed E-state index contributed by atoms with van der Waals surface area (Å²) >= 11 is 0. The number of methoxy groups -OCH3 is 1. The third kappa shape index (κ3) is 4.02. The minimum atomic E-state index is -0.954. The van der Waals surface area contributed by atoms with E-state index in [1.165, 1.54) is 7.11 Å². The highest BCUT2D eigenvalue weighted by Gasteiger charge is 2.26. The summed E-state index contributed by atoms with van der Waals surface area (Å²) in [4.78, 5) is 30.3. The zero-order chi connectivity index (χ0) is 22.0. The second kappa shape index (κ2) is 8.39. The van der Waals surface area contributed by atoms with Gasteiger partial charge in [0.2, 0.25) is 0 Å². The lowest BCUT2D eigenvalue weighted by Gasteiger charge is -2.17. The molecule has 1 atom stereocenters. The summed E-state index contributed by atoms with van der Waals surface area (Å²) in [6, 6.07) is 17.5. The fourth-order valence-corrected chi connectivity index (χ4v) is 3.40. The summed E-state index contributed by atoms with van der Waals surface area (Å²) in [7, 11) is 1.29. The highest BCUT2D eigenvalue weighted by molar-refractivity contribution is 6.08. The van der Waals surface area contributed by atoms with Crippen LogP contribution in [0.25, 0.3) is 22.4 Å². The highest BCUT2D eigenvalue weighted by atomic mass is 16.5. The van der Waals surface area contributed by atoms with Crippen LogP contribution in [0.15, 0.2) is 65.2 Å². The van der Waals surface area contributed by atoms with Crippen LogP contribution in [0, 0.1) is 13.8 Å². The van der Waals surface area contributed by atoms with E-state index in [1.807, 2.05) is 37.3 Å². The Morgan fingerprint density at radius 1 is 1.03 bits per heavy atom. The van der Waals surface area contributed by atoms with E-state index in [0.29, 0.717) is 27.9 Å². The fourth-order valence-electron chi connectivity index (χ4n) is 3.40. The summed E-state index contributed by atoms with van der Waals surface area (Å²) in [6.07, 6.45) is 0. The first-order valence-corrected chi connectivity index (χ1v) is 9.75. The molecule has 0 aliphatic heterocycles. The second-order valence-electron chi connectivity index (χ2n) is 7.21. The van der Waals surface area contributed by atoms with Crippen LogP contribution in [-0.4, -0.2) is 29.1 Å². The van der Waals surface area contributed by atoms with Gasteiger partial charge in [0, 0.05) is 5.56 Å². The number of nitrogens with zero attached hydrogens (tertiary/aromatic N) is 2. The molecule has 1 unspecified atom stereocenters. The predicted octanol–water partition coefficient (Wildman–Crippen LogP) is 4.15. The average Bonchev–Trinajstić information content (AvgIpc) is 3.18. The van der Waals surface area contributed by atoms with Gasteiger partial charge in [-0.1, -0.05) is 65.3 Å². The van der Waals surface area contributed by atoms with Gasteiger partial charge in [0.15, 0.2) is 6.04 Å².